The van der Waals surface area contributed by atoms with Crippen LogP contribution in [-0.4, -0.2) is 12.4 Å². The third kappa shape index (κ3) is 4.13. The summed E-state index contributed by atoms with van der Waals surface area (Å²) in [5, 5.41) is 2.67. The van der Waals surface area contributed by atoms with Gasteiger partial charge >= 0.3 is 6.18 Å². The molecule has 6 heteroatoms. The lowest BCUT2D eigenvalue weighted by Gasteiger charge is -2.14. The summed E-state index contributed by atoms with van der Waals surface area (Å²) < 4.78 is 38.0. The molecule has 0 fully saturated rings. The van der Waals surface area contributed by atoms with Gasteiger partial charge in [-0.25, -0.2) is 0 Å². The molecular formula is C11H10Cl2F3N. The molecule has 0 aliphatic heterocycles. The first-order valence-corrected chi connectivity index (χ1v) is 5.68. The third-order valence-corrected chi connectivity index (χ3v) is 2.46. The Kier molecular flexibility index (Phi) is 5.15. The molecule has 0 bridgehead atoms. The second-order valence-corrected chi connectivity index (χ2v) is 3.88. The van der Waals surface area contributed by atoms with Gasteiger partial charge in [0.2, 0.25) is 0 Å². The fraction of sp³-hybridized carbons (Fsp3) is 0.273. The Hall–Kier alpha value is -0.870. The smallest absolute Gasteiger partial charge is 0.380 e. The van der Waals surface area contributed by atoms with Gasteiger partial charge in [-0.2, -0.15) is 13.2 Å². The molecule has 0 radical (unpaired) electrons. The van der Waals surface area contributed by atoms with Crippen molar-refractivity contribution in [1.82, 2.24) is 0 Å². The van der Waals surface area contributed by atoms with Gasteiger partial charge in [0.15, 0.2) is 0 Å². The standard InChI is InChI=1S/C11H10Cl2F3N/c12-6-1-2-7-17-10-8(11(14,15)16)4-3-5-9(10)13/h1-5,17H,6-7H2/b2-1+. The van der Waals surface area contributed by atoms with Gasteiger partial charge in [-0.1, -0.05) is 29.8 Å². The molecule has 0 aromatic heterocycles. The number of anilines is 1. The Labute approximate surface area is 107 Å². The first-order valence-electron chi connectivity index (χ1n) is 4.77. The van der Waals surface area contributed by atoms with Gasteiger partial charge in [0.05, 0.1) is 16.3 Å². The van der Waals surface area contributed by atoms with Gasteiger partial charge in [0.25, 0.3) is 0 Å². The fourth-order valence-electron chi connectivity index (χ4n) is 1.25. The maximum absolute atomic E-state index is 12.7. The summed E-state index contributed by atoms with van der Waals surface area (Å²) in [7, 11) is 0. The van der Waals surface area contributed by atoms with E-state index in [1.165, 1.54) is 12.1 Å². The van der Waals surface area contributed by atoms with Crippen molar-refractivity contribution in [3.05, 3.63) is 40.9 Å². The van der Waals surface area contributed by atoms with Crippen molar-refractivity contribution in [2.24, 2.45) is 0 Å². The summed E-state index contributed by atoms with van der Waals surface area (Å²) in [5.41, 5.74) is -0.884. The first-order chi connectivity index (χ1) is 7.96. The lowest BCUT2D eigenvalue weighted by atomic mass is 10.1. The van der Waals surface area contributed by atoms with E-state index in [1.807, 2.05) is 0 Å². The molecule has 0 aliphatic rings. The lowest BCUT2D eigenvalue weighted by molar-refractivity contribution is -0.136. The molecular weight excluding hydrogens is 274 g/mol. The first kappa shape index (κ1) is 14.2. The Morgan fingerprint density at radius 2 is 1.94 bits per heavy atom. The molecule has 0 saturated carbocycles. The van der Waals surface area contributed by atoms with E-state index in [4.69, 9.17) is 23.2 Å². The van der Waals surface area contributed by atoms with E-state index in [9.17, 15) is 13.2 Å². The fourth-order valence-corrected chi connectivity index (χ4v) is 1.61. The summed E-state index contributed by atoms with van der Waals surface area (Å²) in [6.07, 6.45) is -1.15. The zero-order chi connectivity index (χ0) is 12.9. The maximum Gasteiger partial charge on any atom is 0.418 e. The number of rotatable bonds is 4. The average molecular weight is 284 g/mol. The summed E-state index contributed by atoms with van der Waals surface area (Å²) in [6, 6.07) is 3.66. The van der Waals surface area contributed by atoms with Crippen LogP contribution in [0, 0.1) is 0 Å². The number of allylic oxidation sites excluding steroid dienone is 1. The number of halogens is 5. The SMILES string of the molecule is FC(F)(F)c1cccc(Cl)c1NC/C=C/CCl. The molecule has 94 valence electrons. The van der Waals surface area contributed by atoms with E-state index in [1.54, 1.807) is 12.2 Å². The molecule has 1 rings (SSSR count). The molecule has 0 heterocycles. The zero-order valence-corrected chi connectivity index (χ0v) is 10.2. The number of hydrogen-bond acceptors (Lipinski definition) is 1. The van der Waals surface area contributed by atoms with Crippen molar-refractivity contribution in [2.45, 2.75) is 6.18 Å². The van der Waals surface area contributed by atoms with Crippen LogP contribution in [0.2, 0.25) is 5.02 Å². The minimum absolute atomic E-state index is 0.0408. The van der Waals surface area contributed by atoms with Gasteiger partial charge in [-0.05, 0) is 12.1 Å². The molecule has 0 atom stereocenters. The Morgan fingerprint density at radius 1 is 1.24 bits per heavy atom. The highest BCUT2D eigenvalue weighted by molar-refractivity contribution is 6.33. The van der Waals surface area contributed by atoms with Crippen molar-refractivity contribution in [2.75, 3.05) is 17.7 Å². The highest BCUT2D eigenvalue weighted by Gasteiger charge is 2.34. The van der Waals surface area contributed by atoms with Crippen LogP contribution in [0.15, 0.2) is 30.4 Å². The van der Waals surface area contributed by atoms with Gasteiger partial charge in [0, 0.05) is 12.4 Å². The highest BCUT2D eigenvalue weighted by Crippen LogP contribution is 2.38. The van der Waals surface area contributed by atoms with Gasteiger partial charge < -0.3 is 5.32 Å². The van der Waals surface area contributed by atoms with Crippen molar-refractivity contribution < 1.29 is 13.2 Å². The van der Waals surface area contributed by atoms with Crippen LogP contribution in [0.1, 0.15) is 5.56 Å². The number of hydrogen-bond donors (Lipinski definition) is 1. The molecule has 0 unspecified atom stereocenters. The molecule has 0 spiro atoms. The number of benzene rings is 1. The second-order valence-electron chi connectivity index (χ2n) is 3.17. The summed E-state index contributed by atoms with van der Waals surface area (Å²) in [5.74, 6) is 0.316. The van der Waals surface area contributed by atoms with E-state index < -0.39 is 11.7 Å². The Morgan fingerprint density at radius 3 is 2.53 bits per heavy atom. The number of alkyl halides is 4. The normalized spacial score (nSPS) is 12.1. The number of para-hydroxylation sites is 1. The largest absolute Gasteiger partial charge is 0.418 e. The van der Waals surface area contributed by atoms with Crippen molar-refractivity contribution in [1.29, 1.82) is 0 Å². The van der Waals surface area contributed by atoms with Crippen LogP contribution >= 0.6 is 23.2 Å². The summed E-state index contributed by atoms with van der Waals surface area (Å²) in [4.78, 5) is 0. The van der Waals surface area contributed by atoms with Crippen molar-refractivity contribution >= 4 is 28.9 Å². The summed E-state index contributed by atoms with van der Waals surface area (Å²) >= 11 is 11.1. The molecule has 17 heavy (non-hydrogen) atoms. The Balaban J connectivity index is 2.92. The quantitative estimate of drug-likeness (QED) is 0.631. The van der Waals surface area contributed by atoms with E-state index in [-0.39, 0.29) is 17.3 Å². The van der Waals surface area contributed by atoms with Gasteiger partial charge in [-0.3, -0.25) is 0 Å². The van der Waals surface area contributed by atoms with Crippen LogP contribution in [0.3, 0.4) is 0 Å². The van der Waals surface area contributed by atoms with E-state index in [2.05, 4.69) is 5.32 Å². The predicted octanol–water partition coefficient (Wildman–Crippen LogP) is 4.57. The number of nitrogens with one attached hydrogen (secondary N) is 1. The Bertz CT molecular complexity index is 402. The molecule has 0 aliphatic carbocycles. The van der Waals surface area contributed by atoms with Crippen LogP contribution in [-0.2, 0) is 6.18 Å². The van der Waals surface area contributed by atoms with Crippen LogP contribution in [0.4, 0.5) is 18.9 Å². The van der Waals surface area contributed by atoms with Crippen LogP contribution in [0.5, 0.6) is 0 Å². The zero-order valence-electron chi connectivity index (χ0n) is 8.69. The van der Waals surface area contributed by atoms with E-state index in [0.29, 0.717) is 5.88 Å². The average Bonchev–Trinajstić information content (AvgIpc) is 2.24. The van der Waals surface area contributed by atoms with E-state index >= 15 is 0 Å². The monoisotopic (exact) mass is 283 g/mol. The molecule has 1 nitrogen and oxygen atoms in total. The molecule has 0 saturated heterocycles. The molecule has 0 amide bonds. The second kappa shape index (κ2) is 6.17. The summed E-state index contributed by atoms with van der Waals surface area (Å²) in [6.45, 7) is 0.236. The topological polar surface area (TPSA) is 12.0 Å². The molecule has 1 aromatic carbocycles. The minimum atomic E-state index is -4.43. The van der Waals surface area contributed by atoms with Crippen LogP contribution in [0.25, 0.3) is 0 Å². The molecule has 1 aromatic rings. The van der Waals surface area contributed by atoms with Crippen LogP contribution < -0.4 is 5.32 Å². The molecule has 1 N–H and O–H groups in total. The lowest BCUT2D eigenvalue weighted by Crippen LogP contribution is -2.11. The third-order valence-electron chi connectivity index (χ3n) is 1.97. The van der Waals surface area contributed by atoms with Crippen molar-refractivity contribution in [3.63, 3.8) is 0 Å². The predicted molar refractivity (Wildman–Crippen MR) is 64.8 cm³/mol. The van der Waals surface area contributed by atoms with Crippen molar-refractivity contribution in [3.8, 4) is 0 Å². The highest BCUT2D eigenvalue weighted by atomic mass is 35.5. The minimum Gasteiger partial charge on any atom is -0.380 e. The van der Waals surface area contributed by atoms with Gasteiger partial charge in [0.1, 0.15) is 0 Å². The van der Waals surface area contributed by atoms with E-state index in [0.717, 1.165) is 6.07 Å². The maximum atomic E-state index is 12.7. The van der Waals surface area contributed by atoms with Gasteiger partial charge in [-0.15, -0.1) is 11.6 Å².